The number of hydrogen-bond acceptors (Lipinski definition) is 4. The highest BCUT2D eigenvalue weighted by atomic mass is 35.5. The lowest BCUT2D eigenvalue weighted by atomic mass is 10.1. The Bertz CT molecular complexity index is 776. The second kappa shape index (κ2) is 9.79. The largest absolute Gasteiger partial charge is 0.491 e. The first kappa shape index (κ1) is 22.0. The quantitative estimate of drug-likeness (QED) is 0.707. The van der Waals surface area contributed by atoms with Crippen LogP contribution >= 0.6 is 12.4 Å². The Balaban J connectivity index is 0.00000280. The van der Waals surface area contributed by atoms with Crippen molar-refractivity contribution in [2.75, 3.05) is 26.2 Å². The molecule has 1 aromatic carbocycles. The van der Waals surface area contributed by atoms with Crippen LogP contribution in [0.5, 0.6) is 5.75 Å². The molecule has 0 saturated carbocycles. The van der Waals surface area contributed by atoms with E-state index in [4.69, 9.17) is 4.74 Å². The minimum atomic E-state index is -4.49. The van der Waals surface area contributed by atoms with Gasteiger partial charge in [0.2, 0.25) is 0 Å². The number of piperidine rings is 1. The minimum Gasteiger partial charge on any atom is -0.491 e. The highest BCUT2D eigenvalue weighted by Crippen LogP contribution is 2.35. The number of aromatic nitrogens is 2. The summed E-state index contributed by atoms with van der Waals surface area (Å²) in [6, 6.07) is 6.84. The van der Waals surface area contributed by atoms with Gasteiger partial charge < -0.3 is 15.4 Å². The molecule has 0 spiro atoms. The minimum absolute atomic E-state index is 0. The van der Waals surface area contributed by atoms with E-state index in [0.29, 0.717) is 0 Å². The van der Waals surface area contributed by atoms with E-state index in [1.54, 1.807) is 16.9 Å². The fraction of sp³-hybridized carbons (Fsp3) is 0.444. The van der Waals surface area contributed by atoms with Gasteiger partial charge in [0.1, 0.15) is 18.1 Å². The summed E-state index contributed by atoms with van der Waals surface area (Å²) in [5.41, 5.74) is -0.563. The van der Waals surface area contributed by atoms with Crippen LogP contribution in [0.25, 0.3) is 0 Å². The van der Waals surface area contributed by atoms with Gasteiger partial charge in [0.25, 0.3) is 5.91 Å². The zero-order valence-electron chi connectivity index (χ0n) is 15.0. The highest BCUT2D eigenvalue weighted by molar-refractivity contribution is 5.92. The molecule has 28 heavy (non-hydrogen) atoms. The molecular weight excluding hydrogens is 397 g/mol. The maximum absolute atomic E-state index is 12.9. The Labute approximate surface area is 166 Å². The zero-order chi connectivity index (χ0) is 19.3. The van der Waals surface area contributed by atoms with Gasteiger partial charge in [-0.1, -0.05) is 12.1 Å². The average Bonchev–Trinajstić information content (AvgIpc) is 3.16. The van der Waals surface area contributed by atoms with E-state index in [9.17, 15) is 18.0 Å². The van der Waals surface area contributed by atoms with Crippen molar-refractivity contribution in [3.05, 3.63) is 47.8 Å². The number of alkyl halides is 3. The third kappa shape index (κ3) is 5.62. The summed E-state index contributed by atoms with van der Waals surface area (Å²) in [5.74, 6) is -0.640. The van der Waals surface area contributed by atoms with Crippen LogP contribution < -0.4 is 15.4 Å². The van der Waals surface area contributed by atoms with Crippen molar-refractivity contribution in [2.24, 2.45) is 0 Å². The summed E-state index contributed by atoms with van der Waals surface area (Å²) >= 11 is 0. The summed E-state index contributed by atoms with van der Waals surface area (Å²) in [6.07, 6.45) is -0.658. The fourth-order valence-electron chi connectivity index (χ4n) is 2.96. The number of benzene rings is 1. The topological polar surface area (TPSA) is 68.2 Å². The van der Waals surface area contributed by atoms with Gasteiger partial charge in [-0.2, -0.15) is 18.3 Å². The van der Waals surface area contributed by atoms with Crippen molar-refractivity contribution in [3.63, 3.8) is 0 Å². The number of amides is 1. The van der Waals surface area contributed by atoms with Crippen LogP contribution in [0.2, 0.25) is 0 Å². The Morgan fingerprint density at radius 1 is 1.32 bits per heavy atom. The lowest BCUT2D eigenvalue weighted by Crippen LogP contribution is -2.32. The Morgan fingerprint density at radius 2 is 2.11 bits per heavy atom. The fourth-order valence-corrected chi connectivity index (χ4v) is 2.96. The monoisotopic (exact) mass is 418 g/mol. The molecule has 1 atom stereocenters. The smallest absolute Gasteiger partial charge is 0.419 e. The normalized spacial score (nSPS) is 16.9. The molecule has 0 radical (unpaired) electrons. The van der Waals surface area contributed by atoms with Gasteiger partial charge in [-0.15, -0.1) is 12.4 Å². The molecule has 6 nitrogen and oxygen atoms in total. The van der Waals surface area contributed by atoms with Crippen molar-refractivity contribution in [3.8, 4) is 5.75 Å². The van der Waals surface area contributed by atoms with E-state index in [2.05, 4.69) is 15.7 Å². The number of para-hydroxylation sites is 1. The van der Waals surface area contributed by atoms with Gasteiger partial charge in [0.05, 0.1) is 18.2 Å². The first-order valence-electron chi connectivity index (χ1n) is 8.78. The van der Waals surface area contributed by atoms with Crippen molar-refractivity contribution in [2.45, 2.75) is 25.1 Å². The average molecular weight is 419 g/mol. The molecule has 154 valence electrons. The van der Waals surface area contributed by atoms with Crippen LogP contribution in [0.3, 0.4) is 0 Å². The number of carbonyl (C=O) groups excluding carboxylic acids is 1. The van der Waals surface area contributed by atoms with Gasteiger partial charge in [-0.3, -0.25) is 9.48 Å². The molecule has 0 aliphatic carbocycles. The molecule has 1 aliphatic rings. The first-order valence-corrected chi connectivity index (χ1v) is 8.78. The van der Waals surface area contributed by atoms with Crippen LogP contribution in [0, 0.1) is 0 Å². The number of ether oxygens (including phenoxy) is 1. The van der Waals surface area contributed by atoms with Crippen LogP contribution in [0.4, 0.5) is 13.2 Å². The van der Waals surface area contributed by atoms with Crippen molar-refractivity contribution < 1.29 is 22.7 Å². The number of carbonyl (C=O) groups is 1. The van der Waals surface area contributed by atoms with E-state index >= 15 is 0 Å². The Morgan fingerprint density at radius 3 is 2.82 bits per heavy atom. The van der Waals surface area contributed by atoms with E-state index < -0.39 is 11.7 Å². The molecular formula is C18H22ClF3N4O2. The molecule has 2 N–H and O–H groups in total. The highest BCUT2D eigenvalue weighted by Gasteiger charge is 2.33. The summed E-state index contributed by atoms with van der Waals surface area (Å²) in [4.78, 5) is 12.1. The molecule has 1 amide bonds. The van der Waals surface area contributed by atoms with E-state index in [-0.39, 0.29) is 49.0 Å². The number of rotatable bonds is 6. The summed E-state index contributed by atoms with van der Waals surface area (Å²) < 4.78 is 45.7. The van der Waals surface area contributed by atoms with E-state index in [0.717, 1.165) is 32.0 Å². The predicted octanol–water partition coefficient (Wildman–Crippen LogP) is 3.06. The molecule has 1 aliphatic heterocycles. The van der Waals surface area contributed by atoms with Gasteiger partial charge in [0, 0.05) is 12.7 Å². The van der Waals surface area contributed by atoms with Crippen LogP contribution in [0.15, 0.2) is 36.5 Å². The molecule has 3 rings (SSSR count). The zero-order valence-corrected chi connectivity index (χ0v) is 15.9. The third-order valence-electron chi connectivity index (χ3n) is 4.32. The number of hydrogen-bond donors (Lipinski definition) is 2. The standard InChI is InChI=1S/C18H21F3N4O2.ClH/c19-18(20,21)14-5-1-2-6-16(14)27-11-9-23-17(26)15-7-10-25(24-15)13-4-3-8-22-12-13;/h1-2,5-7,10,13,22H,3-4,8-9,11-12H2,(H,23,26);1H. The van der Waals surface area contributed by atoms with Crippen molar-refractivity contribution in [1.29, 1.82) is 0 Å². The van der Waals surface area contributed by atoms with Gasteiger partial charge in [-0.05, 0) is 37.6 Å². The van der Waals surface area contributed by atoms with Crippen molar-refractivity contribution in [1.82, 2.24) is 20.4 Å². The SMILES string of the molecule is Cl.O=C(NCCOc1ccccc1C(F)(F)F)c1ccn(C2CCCNC2)n1. The first-order chi connectivity index (χ1) is 12.9. The second-order valence-corrected chi connectivity index (χ2v) is 6.28. The third-order valence-corrected chi connectivity index (χ3v) is 4.32. The van der Waals surface area contributed by atoms with Crippen LogP contribution in [0.1, 0.15) is 34.9 Å². The molecule has 1 fully saturated rings. The maximum Gasteiger partial charge on any atom is 0.419 e. The summed E-state index contributed by atoms with van der Waals surface area (Å²) in [7, 11) is 0. The van der Waals surface area contributed by atoms with Crippen LogP contribution in [-0.4, -0.2) is 41.9 Å². The van der Waals surface area contributed by atoms with Gasteiger partial charge >= 0.3 is 6.18 Å². The molecule has 1 saturated heterocycles. The predicted molar refractivity (Wildman–Crippen MR) is 99.9 cm³/mol. The molecule has 0 bridgehead atoms. The lowest BCUT2D eigenvalue weighted by molar-refractivity contribution is -0.138. The molecule has 1 unspecified atom stereocenters. The van der Waals surface area contributed by atoms with E-state index in [1.165, 1.54) is 18.2 Å². The molecule has 1 aromatic heterocycles. The number of nitrogens with zero attached hydrogens (tertiary/aromatic N) is 2. The molecule has 2 heterocycles. The number of halogens is 4. The van der Waals surface area contributed by atoms with Gasteiger partial charge in [0.15, 0.2) is 0 Å². The maximum atomic E-state index is 12.9. The number of nitrogens with one attached hydrogen (secondary N) is 2. The van der Waals surface area contributed by atoms with Crippen molar-refractivity contribution >= 4 is 18.3 Å². The second-order valence-electron chi connectivity index (χ2n) is 6.28. The lowest BCUT2D eigenvalue weighted by Gasteiger charge is -2.22. The molecule has 10 heteroatoms. The Hall–Kier alpha value is -2.26. The van der Waals surface area contributed by atoms with E-state index in [1.807, 2.05) is 0 Å². The molecule has 2 aromatic rings. The summed E-state index contributed by atoms with van der Waals surface area (Å²) in [6.45, 7) is 1.80. The van der Waals surface area contributed by atoms with Crippen LogP contribution in [-0.2, 0) is 6.18 Å². The summed E-state index contributed by atoms with van der Waals surface area (Å²) in [5, 5.41) is 10.2. The van der Waals surface area contributed by atoms with Gasteiger partial charge in [-0.25, -0.2) is 0 Å². The Kier molecular flexibility index (Phi) is 7.70.